The van der Waals surface area contributed by atoms with Gasteiger partial charge in [0.2, 0.25) is 0 Å². The number of fused-ring (bicyclic) bond motifs is 3. The van der Waals surface area contributed by atoms with Crippen molar-refractivity contribution in [2.45, 2.75) is 5.41 Å². The van der Waals surface area contributed by atoms with E-state index in [9.17, 15) is 0 Å². The Hall–Kier alpha value is -0.912. The molecule has 0 N–H and O–H groups in total. The molecule has 4 aromatic rings. The van der Waals surface area contributed by atoms with Crippen molar-refractivity contribution in [1.29, 1.82) is 0 Å². The number of rotatable bonds is 2. The van der Waals surface area contributed by atoms with E-state index >= 15 is 0 Å². The van der Waals surface area contributed by atoms with Crippen LogP contribution in [0.15, 0.2) is 97.1 Å². The molecule has 0 spiro atoms. The third kappa shape index (κ3) is 3.16. The van der Waals surface area contributed by atoms with Crippen LogP contribution in [-0.4, -0.2) is 0 Å². The molecule has 0 fully saturated rings. The van der Waals surface area contributed by atoms with Gasteiger partial charge in [-0.25, -0.2) is 0 Å². The van der Waals surface area contributed by atoms with E-state index < -0.39 is 0 Å². The Morgan fingerprint density at radius 2 is 0.852 bits per heavy atom. The van der Waals surface area contributed by atoms with E-state index in [1.165, 1.54) is 33.4 Å². The zero-order valence-corrected chi connectivity index (χ0v) is 20.6. The molecular weight excluding hydrogens is 478 g/mol. The zero-order valence-electron chi connectivity index (χ0n) is 14.9. The predicted octanol–water partition coefficient (Wildman–Crippen LogP) is 5.65. The van der Waals surface area contributed by atoms with Crippen LogP contribution in [0.2, 0.25) is 0 Å². The second kappa shape index (κ2) is 8.62. The van der Waals surface area contributed by atoms with Crippen molar-refractivity contribution in [3.05, 3.63) is 131 Å². The van der Waals surface area contributed by atoms with Crippen molar-refractivity contribution < 1.29 is 65.4 Å². The maximum Gasteiger partial charge on any atom is 0.0274 e. The monoisotopic (exact) mass is 494 g/mol. The third-order valence-corrected chi connectivity index (χ3v) is 5.25. The average molecular weight is 494 g/mol. The molecule has 0 aliphatic heterocycles. The van der Waals surface area contributed by atoms with Crippen molar-refractivity contribution in [2.75, 3.05) is 0 Å². The standard InChI is InChI=1S/C25H16.2Y/c1-3-11-19(12-4-1)25(20-13-5-2-6-14-20)23-17-9-7-15-21(23)22-16-8-10-18-24(22)25;;/h3-18H;;/q-2;;. The molecule has 4 aromatic carbocycles. The van der Waals surface area contributed by atoms with Crippen LogP contribution >= 0.6 is 0 Å². The van der Waals surface area contributed by atoms with Gasteiger partial charge in [0.05, 0.1) is 0 Å². The van der Waals surface area contributed by atoms with E-state index in [0.29, 0.717) is 0 Å². The van der Waals surface area contributed by atoms with Gasteiger partial charge in [0.1, 0.15) is 0 Å². The average Bonchev–Trinajstić information content (AvgIpc) is 3.01. The molecule has 27 heavy (non-hydrogen) atoms. The summed E-state index contributed by atoms with van der Waals surface area (Å²) in [4.78, 5) is 0. The van der Waals surface area contributed by atoms with E-state index in [1.54, 1.807) is 0 Å². The van der Waals surface area contributed by atoms with Crippen molar-refractivity contribution in [1.82, 2.24) is 0 Å². The van der Waals surface area contributed by atoms with Gasteiger partial charge in [-0.2, -0.15) is 60.7 Å². The van der Waals surface area contributed by atoms with Gasteiger partial charge >= 0.3 is 0 Å². The Kier molecular flexibility index (Phi) is 6.65. The molecule has 0 unspecified atom stereocenters. The number of hydrogen-bond donors (Lipinski definition) is 0. The van der Waals surface area contributed by atoms with Gasteiger partial charge in [-0.1, -0.05) is 48.5 Å². The third-order valence-electron chi connectivity index (χ3n) is 5.25. The molecule has 2 radical (unpaired) electrons. The van der Waals surface area contributed by atoms with E-state index in [0.717, 1.165) is 0 Å². The molecule has 2 heteroatoms. The maximum absolute atomic E-state index is 3.17. The summed E-state index contributed by atoms with van der Waals surface area (Å²) in [6.45, 7) is 0. The Morgan fingerprint density at radius 1 is 0.481 bits per heavy atom. The smallest absolute Gasteiger partial charge is 0.0274 e. The second-order valence-corrected chi connectivity index (χ2v) is 6.42. The minimum absolute atomic E-state index is 0. The summed E-state index contributed by atoms with van der Waals surface area (Å²) in [5, 5.41) is 0. The molecule has 5 rings (SSSR count). The predicted molar refractivity (Wildman–Crippen MR) is 101 cm³/mol. The van der Waals surface area contributed by atoms with E-state index in [-0.39, 0.29) is 70.8 Å². The molecule has 124 valence electrons. The summed E-state index contributed by atoms with van der Waals surface area (Å²) in [5.41, 5.74) is 7.57. The van der Waals surface area contributed by atoms with Crippen molar-refractivity contribution in [2.24, 2.45) is 0 Å². The van der Waals surface area contributed by atoms with Crippen LogP contribution in [0.25, 0.3) is 11.1 Å². The molecule has 0 amide bonds. The van der Waals surface area contributed by atoms with Crippen LogP contribution in [0.3, 0.4) is 0 Å². The quantitative estimate of drug-likeness (QED) is 0.279. The Bertz CT molecular complexity index is 953. The summed E-state index contributed by atoms with van der Waals surface area (Å²) >= 11 is 0. The normalized spacial score (nSPS) is 12.9. The van der Waals surface area contributed by atoms with Gasteiger partial charge in [0.15, 0.2) is 0 Å². The number of benzene rings is 4. The van der Waals surface area contributed by atoms with Gasteiger partial charge in [-0.15, -0.1) is 11.1 Å². The van der Waals surface area contributed by atoms with E-state index in [2.05, 4.69) is 84.9 Å². The zero-order chi connectivity index (χ0) is 16.7. The van der Waals surface area contributed by atoms with Crippen LogP contribution < -0.4 is 0 Å². The van der Waals surface area contributed by atoms with Crippen molar-refractivity contribution in [3.63, 3.8) is 0 Å². The molecule has 0 saturated heterocycles. The van der Waals surface area contributed by atoms with Crippen LogP contribution in [0, 0.1) is 12.1 Å². The summed E-state index contributed by atoms with van der Waals surface area (Å²) in [5.74, 6) is 0. The molecule has 0 atom stereocenters. The second-order valence-electron chi connectivity index (χ2n) is 6.42. The minimum Gasteiger partial charge on any atom is -0.184 e. The molecule has 1 aliphatic carbocycles. The van der Waals surface area contributed by atoms with Gasteiger partial charge in [-0.05, 0) is 22.3 Å². The first-order chi connectivity index (χ1) is 12.4. The van der Waals surface area contributed by atoms with Crippen molar-refractivity contribution >= 4 is 0 Å². The van der Waals surface area contributed by atoms with Crippen LogP contribution in [0.4, 0.5) is 0 Å². The van der Waals surface area contributed by atoms with E-state index in [1.807, 2.05) is 24.3 Å². The topological polar surface area (TPSA) is 0 Å². The fraction of sp³-hybridized carbons (Fsp3) is 0.0400. The molecule has 0 heterocycles. The molecular formula is C25H16Y2-2. The molecule has 0 bridgehead atoms. The molecule has 0 aromatic heterocycles. The van der Waals surface area contributed by atoms with Gasteiger partial charge in [-0.3, -0.25) is 0 Å². The Balaban J connectivity index is 0.00000105. The van der Waals surface area contributed by atoms with Crippen LogP contribution in [0.1, 0.15) is 22.3 Å². The van der Waals surface area contributed by atoms with E-state index in [4.69, 9.17) is 0 Å². The van der Waals surface area contributed by atoms with Gasteiger partial charge < -0.3 is 0 Å². The fourth-order valence-electron chi connectivity index (χ4n) is 4.30. The SMILES string of the molecule is [Y].[Y].[c-]1ccc(C2(c3cc[c-]cc3)c3ccccc3-c3ccccc32)cc1. The summed E-state index contributed by atoms with van der Waals surface area (Å²) in [6.07, 6.45) is 0. The fourth-order valence-corrected chi connectivity index (χ4v) is 4.30. The molecule has 0 saturated carbocycles. The van der Waals surface area contributed by atoms with Crippen LogP contribution in [-0.2, 0) is 70.8 Å². The largest absolute Gasteiger partial charge is 0.184 e. The van der Waals surface area contributed by atoms with Gasteiger partial charge in [0.25, 0.3) is 0 Å². The Labute approximate surface area is 211 Å². The summed E-state index contributed by atoms with van der Waals surface area (Å²) < 4.78 is 0. The first kappa shape index (κ1) is 20.8. The molecule has 0 nitrogen and oxygen atoms in total. The minimum atomic E-state index is -0.294. The molecule has 1 aliphatic rings. The summed E-state index contributed by atoms with van der Waals surface area (Å²) in [7, 11) is 0. The Morgan fingerprint density at radius 3 is 1.26 bits per heavy atom. The first-order valence-corrected chi connectivity index (χ1v) is 8.55. The first-order valence-electron chi connectivity index (χ1n) is 8.55. The maximum atomic E-state index is 3.17. The van der Waals surface area contributed by atoms with Gasteiger partial charge in [0, 0.05) is 70.8 Å². The number of hydrogen-bond acceptors (Lipinski definition) is 0. The summed E-state index contributed by atoms with van der Waals surface area (Å²) in [6, 6.07) is 40.7. The van der Waals surface area contributed by atoms with Crippen LogP contribution in [0.5, 0.6) is 0 Å². The van der Waals surface area contributed by atoms with Crippen molar-refractivity contribution in [3.8, 4) is 11.1 Å².